The fraction of sp³-hybridized carbons (Fsp3) is 0.0789. The summed E-state index contributed by atoms with van der Waals surface area (Å²) in [6.45, 7) is 0. The number of thioether (sulfide) groups is 1. The monoisotopic (exact) mass is 677 g/mol. The predicted octanol–water partition coefficient (Wildman–Crippen LogP) is 8.96. The van der Waals surface area contributed by atoms with Crippen LogP contribution in [0.1, 0.15) is 27.0 Å². The smallest absolute Gasteiger partial charge is 0.272 e. The van der Waals surface area contributed by atoms with Crippen LogP contribution in [0, 0.1) is 0 Å². The molecule has 234 valence electrons. The van der Waals surface area contributed by atoms with Crippen molar-refractivity contribution in [2.24, 2.45) is 0 Å². The molecule has 6 nitrogen and oxygen atoms in total. The number of carbonyl (C=O) groups excluding carboxylic acids is 3. The maximum Gasteiger partial charge on any atom is 0.272 e. The number of benzene rings is 5. The third-order valence-corrected chi connectivity index (χ3v) is 9.16. The number of carbonyl (C=O) groups is 3. The molecule has 6 rings (SSSR count). The summed E-state index contributed by atoms with van der Waals surface area (Å²) in [6.07, 6.45) is 3.22. The minimum atomic E-state index is -0.545. The molecule has 1 aliphatic rings. The van der Waals surface area contributed by atoms with Gasteiger partial charge in [0, 0.05) is 26.2 Å². The van der Waals surface area contributed by atoms with Crippen LogP contribution >= 0.6 is 35.0 Å². The zero-order valence-corrected chi connectivity index (χ0v) is 27.4. The lowest BCUT2D eigenvalue weighted by Crippen LogP contribution is -2.30. The number of rotatable bonds is 8. The Morgan fingerprint density at radius 1 is 0.745 bits per heavy atom. The third-order valence-electron chi connectivity index (χ3n) is 7.62. The molecule has 3 amide bonds. The Bertz CT molecular complexity index is 1950. The molecule has 0 saturated carbocycles. The molecule has 0 radical (unpaired) electrons. The molecule has 0 bridgehead atoms. The van der Waals surface area contributed by atoms with Gasteiger partial charge in [0.2, 0.25) is 5.91 Å². The van der Waals surface area contributed by atoms with E-state index in [9.17, 15) is 14.4 Å². The van der Waals surface area contributed by atoms with E-state index < -0.39 is 11.8 Å². The quantitative estimate of drug-likeness (QED) is 0.127. The molecular formula is C38H29Cl2N3O3S. The number of halogens is 2. The number of anilines is 3. The van der Waals surface area contributed by atoms with Crippen LogP contribution in [0.25, 0.3) is 6.08 Å². The topological polar surface area (TPSA) is 78.5 Å². The number of fused-ring (bicyclic) bond motifs is 2. The van der Waals surface area contributed by atoms with Crippen molar-refractivity contribution in [3.8, 4) is 0 Å². The highest BCUT2D eigenvalue weighted by Gasteiger charge is 2.25. The third kappa shape index (κ3) is 7.77. The van der Waals surface area contributed by atoms with Crippen molar-refractivity contribution in [3.63, 3.8) is 0 Å². The molecule has 9 heteroatoms. The number of nitrogens with one attached hydrogen (secondary N) is 2. The number of para-hydroxylation sites is 2. The number of hydrogen-bond donors (Lipinski definition) is 2. The van der Waals surface area contributed by atoms with Gasteiger partial charge in [0.25, 0.3) is 11.8 Å². The highest BCUT2D eigenvalue weighted by Crippen LogP contribution is 2.37. The minimum absolute atomic E-state index is 0.00481. The standard InChI is InChI=1S/C38H29Cl2N3O3S/c39-29-20-19-28(32(40)22-29)21-33(42-37(45)27-11-2-1-3-12-27)38(46)41-30-13-8-14-31(23-30)47-24-36(44)43-34-15-6-4-9-25(34)17-18-26-10-5-7-16-35(26)43/h1-16,19-23H,17-18,24H2,(H,41,46)(H,42,45)/b33-21-. The lowest BCUT2D eigenvalue weighted by Gasteiger charge is -2.25. The first kappa shape index (κ1) is 32.1. The first-order chi connectivity index (χ1) is 22.9. The van der Waals surface area contributed by atoms with Gasteiger partial charge in [-0.05, 0) is 90.2 Å². The second-order valence-corrected chi connectivity index (χ2v) is 12.7. The van der Waals surface area contributed by atoms with Gasteiger partial charge in [0.05, 0.1) is 17.1 Å². The first-order valence-corrected chi connectivity index (χ1v) is 16.7. The zero-order valence-electron chi connectivity index (χ0n) is 25.1. The maximum absolute atomic E-state index is 13.8. The Balaban J connectivity index is 1.20. The van der Waals surface area contributed by atoms with E-state index in [1.54, 1.807) is 66.7 Å². The molecule has 0 unspecified atom stereocenters. The number of amides is 3. The molecule has 2 N–H and O–H groups in total. The van der Waals surface area contributed by atoms with E-state index in [-0.39, 0.29) is 17.4 Å². The molecule has 47 heavy (non-hydrogen) atoms. The molecule has 5 aromatic rings. The van der Waals surface area contributed by atoms with Crippen LogP contribution in [0.2, 0.25) is 10.0 Å². The molecule has 0 saturated heterocycles. The molecule has 0 spiro atoms. The highest BCUT2D eigenvalue weighted by molar-refractivity contribution is 8.00. The highest BCUT2D eigenvalue weighted by atomic mass is 35.5. The summed E-state index contributed by atoms with van der Waals surface area (Å²) in [4.78, 5) is 43.0. The van der Waals surface area contributed by atoms with Gasteiger partial charge < -0.3 is 10.6 Å². The van der Waals surface area contributed by atoms with Crippen molar-refractivity contribution in [2.45, 2.75) is 17.7 Å². The second kappa shape index (κ2) is 14.7. The number of hydrogen-bond acceptors (Lipinski definition) is 4. The number of nitrogens with zero attached hydrogens (tertiary/aromatic N) is 1. The Labute approximate surface area is 287 Å². The number of aryl methyl sites for hydroxylation is 2. The van der Waals surface area contributed by atoms with Gasteiger partial charge in [-0.3, -0.25) is 19.3 Å². The van der Waals surface area contributed by atoms with Crippen LogP contribution in [0.5, 0.6) is 0 Å². The molecular weight excluding hydrogens is 649 g/mol. The maximum atomic E-state index is 13.8. The summed E-state index contributed by atoms with van der Waals surface area (Å²) in [5, 5.41) is 6.37. The average Bonchev–Trinajstić information content (AvgIpc) is 3.25. The van der Waals surface area contributed by atoms with Crippen LogP contribution in [-0.4, -0.2) is 23.5 Å². The Kier molecular flexibility index (Phi) is 10.1. The summed E-state index contributed by atoms with van der Waals surface area (Å²) < 4.78 is 0. The molecule has 0 aliphatic carbocycles. The molecule has 1 aliphatic heterocycles. The fourth-order valence-electron chi connectivity index (χ4n) is 5.34. The molecule has 0 atom stereocenters. The van der Waals surface area contributed by atoms with E-state index in [2.05, 4.69) is 22.8 Å². The second-order valence-electron chi connectivity index (χ2n) is 10.8. The molecule has 5 aromatic carbocycles. The van der Waals surface area contributed by atoms with Crippen molar-refractivity contribution < 1.29 is 14.4 Å². The minimum Gasteiger partial charge on any atom is -0.321 e. The summed E-state index contributed by atoms with van der Waals surface area (Å²) in [5.74, 6) is -0.847. The Morgan fingerprint density at radius 2 is 1.40 bits per heavy atom. The van der Waals surface area contributed by atoms with Crippen LogP contribution in [0.3, 0.4) is 0 Å². The van der Waals surface area contributed by atoms with Gasteiger partial charge in [-0.1, -0.05) is 89.9 Å². The molecule has 0 aromatic heterocycles. The van der Waals surface area contributed by atoms with E-state index in [4.69, 9.17) is 23.2 Å². The van der Waals surface area contributed by atoms with Crippen LogP contribution in [0.4, 0.5) is 17.1 Å². The van der Waals surface area contributed by atoms with Crippen LogP contribution < -0.4 is 15.5 Å². The van der Waals surface area contributed by atoms with Crippen LogP contribution in [-0.2, 0) is 22.4 Å². The van der Waals surface area contributed by atoms with Crippen molar-refractivity contribution >= 4 is 75.8 Å². The zero-order chi connectivity index (χ0) is 32.8. The SMILES string of the molecule is O=C(Nc1cccc(SCC(=O)N2c3ccccc3CCc3ccccc32)c1)/C(=C/c1ccc(Cl)cc1Cl)NC(=O)c1ccccc1. The Morgan fingerprint density at radius 3 is 2.09 bits per heavy atom. The van der Waals surface area contributed by atoms with Gasteiger partial charge in [-0.15, -0.1) is 11.8 Å². The molecule has 0 fully saturated rings. The molecule has 1 heterocycles. The van der Waals surface area contributed by atoms with E-state index >= 15 is 0 Å². The normalized spacial score (nSPS) is 12.4. The van der Waals surface area contributed by atoms with E-state index in [0.29, 0.717) is 26.9 Å². The van der Waals surface area contributed by atoms with Crippen molar-refractivity contribution in [1.82, 2.24) is 5.32 Å². The summed E-state index contributed by atoms with van der Waals surface area (Å²) >= 11 is 13.8. The van der Waals surface area contributed by atoms with E-state index in [1.807, 2.05) is 47.4 Å². The van der Waals surface area contributed by atoms with Gasteiger partial charge in [0.1, 0.15) is 5.70 Å². The van der Waals surface area contributed by atoms with Crippen molar-refractivity contribution in [1.29, 1.82) is 0 Å². The first-order valence-electron chi connectivity index (χ1n) is 14.9. The Hall–Kier alpha value is -4.82. The van der Waals surface area contributed by atoms with Gasteiger partial charge in [0.15, 0.2) is 0 Å². The largest absolute Gasteiger partial charge is 0.321 e. The average molecular weight is 679 g/mol. The lowest BCUT2D eigenvalue weighted by atomic mass is 10.0. The predicted molar refractivity (Wildman–Crippen MR) is 192 cm³/mol. The van der Waals surface area contributed by atoms with E-state index in [1.165, 1.54) is 17.8 Å². The van der Waals surface area contributed by atoms with Crippen LogP contribution in [0.15, 0.2) is 132 Å². The van der Waals surface area contributed by atoms with Gasteiger partial charge in [-0.25, -0.2) is 0 Å². The summed E-state index contributed by atoms with van der Waals surface area (Å²) in [7, 11) is 0. The summed E-state index contributed by atoms with van der Waals surface area (Å²) in [6, 6.07) is 36.8. The lowest BCUT2D eigenvalue weighted by molar-refractivity contribution is -0.115. The van der Waals surface area contributed by atoms with Crippen molar-refractivity contribution in [2.75, 3.05) is 16.0 Å². The van der Waals surface area contributed by atoms with Crippen molar-refractivity contribution in [3.05, 3.63) is 159 Å². The summed E-state index contributed by atoms with van der Waals surface area (Å²) in [5.41, 5.74) is 5.48. The fourth-order valence-corrected chi connectivity index (χ4v) is 6.60. The van der Waals surface area contributed by atoms with Gasteiger partial charge >= 0.3 is 0 Å². The van der Waals surface area contributed by atoms with E-state index in [0.717, 1.165) is 40.2 Å². The van der Waals surface area contributed by atoms with Gasteiger partial charge in [-0.2, -0.15) is 0 Å².